The fourth-order valence-corrected chi connectivity index (χ4v) is 1.72. The summed E-state index contributed by atoms with van der Waals surface area (Å²) in [6.07, 6.45) is 2.12. The number of nitrogens with one attached hydrogen (secondary N) is 2. The number of hydrogen-bond donors (Lipinski definition) is 3. The molecule has 4 nitrogen and oxygen atoms in total. The molecule has 3 N–H and O–H groups in total. The normalized spacial score (nSPS) is 20.4. The third-order valence-electron chi connectivity index (χ3n) is 2.57. The molecule has 0 radical (unpaired) electrons. The van der Waals surface area contributed by atoms with E-state index >= 15 is 0 Å². The van der Waals surface area contributed by atoms with E-state index in [-0.39, 0.29) is 11.8 Å². The number of amides is 1. The third kappa shape index (κ3) is 3.82. The average Bonchev–Trinajstić information content (AvgIpc) is 2.18. The van der Waals surface area contributed by atoms with E-state index in [1.807, 2.05) is 0 Å². The lowest BCUT2D eigenvalue weighted by molar-refractivity contribution is -0.118. The molecule has 0 bridgehead atoms. The number of hydrogen-bond acceptors (Lipinski definition) is 3. The van der Waals surface area contributed by atoms with Crippen LogP contribution in [0.4, 0.5) is 0 Å². The molecular weight excluding hydrogens is 204 g/mol. The van der Waals surface area contributed by atoms with Gasteiger partial charge in [0, 0.05) is 6.54 Å². The maximum Gasteiger partial charge on any atom is 0.234 e. The van der Waals surface area contributed by atoms with Gasteiger partial charge in [-0.1, -0.05) is 0 Å². The molecule has 1 aliphatic rings. The molecule has 1 fully saturated rings. The minimum atomic E-state index is -0.606. The fraction of sp³-hybridized carbons (Fsp3) is 0.889. The molecule has 0 spiro atoms. The van der Waals surface area contributed by atoms with E-state index in [2.05, 4.69) is 10.6 Å². The number of carbonyl (C=O) groups is 1. The standard InChI is InChI=1S/C9H17ClN2O2/c10-7-8(13)12-6-3-9(14)1-4-11-5-2-9/h11,14H,1-7H2,(H,12,13). The van der Waals surface area contributed by atoms with E-state index in [0.717, 1.165) is 25.9 Å². The Morgan fingerprint density at radius 2 is 2.14 bits per heavy atom. The second kappa shape index (κ2) is 5.53. The topological polar surface area (TPSA) is 61.4 Å². The van der Waals surface area contributed by atoms with Crippen LogP contribution in [0.2, 0.25) is 0 Å². The highest BCUT2D eigenvalue weighted by molar-refractivity contribution is 6.27. The second-order valence-corrected chi connectivity index (χ2v) is 3.98. The van der Waals surface area contributed by atoms with E-state index in [1.165, 1.54) is 0 Å². The monoisotopic (exact) mass is 220 g/mol. The van der Waals surface area contributed by atoms with E-state index < -0.39 is 5.60 Å². The molecule has 0 aromatic heterocycles. The summed E-state index contributed by atoms with van der Waals surface area (Å²) in [4.78, 5) is 10.8. The molecule has 1 aliphatic heterocycles. The van der Waals surface area contributed by atoms with Gasteiger partial charge in [-0.25, -0.2) is 0 Å². The van der Waals surface area contributed by atoms with Crippen LogP contribution >= 0.6 is 11.6 Å². The molecule has 0 atom stereocenters. The Hall–Kier alpha value is -0.320. The summed E-state index contributed by atoms with van der Waals surface area (Å²) >= 11 is 5.32. The van der Waals surface area contributed by atoms with Crippen LogP contribution in [-0.2, 0) is 4.79 Å². The number of alkyl halides is 1. The molecule has 0 aliphatic carbocycles. The number of carbonyl (C=O) groups excluding carboxylic acids is 1. The van der Waals surface area contributed by atoms with Crippen molar-refractivity contribution in [1.82, 2.24) is 10.6 Å². The largest absolute Gasteiger partial charge is 0.390 e. The first kappa shape index (κ1) is 11.8. The van der Waals surface area contributed by atoms with Crippen molar-refractivity contribution >= 4 is 17.5 Å². The lowest BCUT2D eigenvalue weighted by atomic mass is 9.89. The van der Waals surface area contributed by atoms with Gasteiger partial charge in [0.1, 0.15) is 5.88 Å². The van der Waals surface area contributed by atoms with E-state index in [0.29, 0.717) is 13.0 Å². The predicted molar refractivity (Wildman–Crippen MR) is 55.4 cm³/mol. The Kier molecular flexibility index (Phi) is 4.65. The summed E-state index contributed by atoms with van der Waals surface area (Å²) in [5.41, 5.74) is -0.606. The van der Waals surface area contributed by atoms with Crippen molar-refractivity contribution in [2.45, 2.75) is 24.9 Å². The molecule has 0 aromatic rings. The third-order valence-corrected chi connectivity index (χ3v) is 2.81. The van der Waals surface area contributed by atoms with Crippen LogP contribution in [0.15, 0.2) is 0 Å². The van der Waals surface area contributed by atoms with Crippen LogP contribution in [0.1, 0.15) is 19.3 Å². The summed E-state index contributed by atoms with van der Waals surface area (Å²) in [5, 5.41) is 15.9. The average molecular weight is 221 g/mol. The Bertz CT molecular complexity index is 193. The SMILES string of the molecule is O=C(CCl)NCCC1(O)CCNCC1. The van der Waals surface area contributed by atoms with Crippen LogP contribution < -0.4 is 10.6 Å². The highest BCUT2D eigenvalue weighted by atomic mass is 35.5. The smallest absolute Gasteiger partial charge is 0.234 e. The number of piperidine rings is 1. The van der Waals surface area contributed by atoms with Crippen LogP contribution in [0, 0.1) is 0 Å². The molecule has 14 heavy (non-hydrogen) atoms. The molecule has 1 amide bonds. The maximum absolute atomic E-state index is 10.8. The Labute approximate surface area is 89.0 Å². The van der Waals surface area contributed by atoms with Gasteiger partial charge in [-0.15, -0.1) is 11.6 Å². The van der Waals surface area contributed by atoms with Crippen molar-refractivity contribution in [3.05, 3.63) is 0 Å². The fourth-order valence-electron chi connectivity index (χ4n) is 1.62. The first-order valence-corrected chi connectivity index (χ1v) is 5.45. The molecule has 1 rings (SSSR count). The number of rotatable bonds is 4. The predicted octanol–water partition coefficient (Wildman–Crippen LogP) is -0.154. The zero-order chi connectivity index (χ0) is 10.4. The van der Waals surface area contributed by atoms with Gasteiger partial charge >= 0.3 is 0 Å². The first-order chi connectivity index (χ1) is 6.66. The van der Waals surface area contributed by atoms with E-state index in [1.54, 1.807) is 0 Å². The quantitative estimate of drug-likeness (QED) is 0.578. The lowest BCUT2D eigenvalue weighted by Crippen LogP contribution is -2.44. The van der Waals surface area contributed by atoms with Crippen LogP contribution in [0.5, 0.6) is 0 Å². The van der Waals surface area contributed by atoms with E-state index in [9.17, 15) is 9.90 Å². The molecule has 1 saturated heterocycles. The highest BCUT2D eigenvalue weighted by Crippen LogP contribution is 2.21. The minimum absolute atomic E-state index is 0.0139. The molecule has 5 heteroatoms. The Morgan fingerprint density at radius 3 is 2.71 bits per heavy atom. The molecule has 1 heterocycles. The first-order valence-electron chi connectivity index (χ1n) is 4.92. The summed E-state index contributed by atoms with van der Waals surface area (Å²) in [5.74, 6) is -0.191. The zero-order valence-electron chi connectivity index (χ0n) is 8.18. The summed E-state index contributed by atoms with van der Waals surface area (Å²) in [6.45, 7) is 2.20. The van der Waals surface area contributed by atoms with Gasteiger partial charge in [-0.2, -0.15) is 0 Å². The van der Waals surface area contributed by atoms with Crippen molar-refractivity contribution in [3.63, 3.8) is 0 Å². The van der Waals surface area contributed by atoms with Gasteiger partial charge < -0.3 is 15.7 Å². The Morgan fingerprint density at radius 1 is 1.50 bits per heavy atom. The molecule has 0 saturated carbocycles. The highest BCUT2D eigenvalue weighted by Gasteiger charge is 2.28. The van der Waals surface area contributed by atoms with Crippen molar-refractivity contribution in [3.8, 4) is 0 Å². The lowest BCUT2D eigenvalue weighted by Gasteiger charge is -2.32. The van der Waals surface area contributed by atoms with Gasteiger partial charge in [-0.05, 0) is 32.4 Å². The van der Waals surface area contributed by atoms with Gasteiger partial charge in [0.15, 0.2) is 0 Å². The van der Waals surface area contributed by atoms with Gasteiger partial charge in [-0.3, -0.25) is 4.79 Å². The number of aliphatic hydroxyl groups is 1. The van der Waals surface area contributed by atoms with Crippen LogP contribution in [0.25, 0.3) is 0 Å². The van der Waals surface area contributed by atoms with Crippen LogP contribution in [0.3, 0.4) is 0 Å². The van der Waals surface area contributed by atoms with E-state index in [4.69, 9.17) is 11.6 Å². The van der Waals surface area contributed by atoms with Crippen molar-refractivity contribution in [2.24, 2.45) is 0 Å². The molecular formula is C9H17ClN2O2. The van der Waals surface area contributed by atoms with Crippen molar-refractivity contribution < 1.29 is 9.90 Å². The van der Waals surface area contributed by atoms with Crippen molar-refractivity contribution in [2.75, 3.05) is 25.5 Å². The molecule has 82 valence electrons. The van der Waals surface area contributed by atoms with Crippen molar-refractivity contribution in [1.29, 1.82) is 0 Å². The van der Waals surface area contributed by atoms with Crippen LogP contribution in [-0.4, -0.2) is 42.1 Å². The zero-order valence-corrected chi connectivity index (χ0v) is 8.94. The second-order valence-electron chi connectivity index (χ2n) is 3.71. The maximum atomic E-state index is 10.8. The Balaban J connectivity index is 2.18. The number of halogens is 1. The summed E-state index contributed by atoms with van der Waals surface area (Å²) in [7, 11) is 0. The van der Waals surface area contributed by atoms with Gasteiger partial charge in [0.05, 0.1) is 5.60 Å². The van der Waals surface area contributed by atoms with Gasteiger partial charge in [0.2, 0.25) is 5.91 Å². The summed E-state index contributed by atoms with van der Waals surface area (Å²) in [6, 6.07) is 0. The molecule has 0 unspecified atom stereocenters. The minimum Gasteiger partial charge on any atom is -0.390 e. The van der Waals surface area contributed by atoms with Gasteiger partial charge in [0.25, 0.3) is 0 Å². The summed E-state index contributed by atoms with van der Waals surface area (Å²) < 4.78 is 0. The molecule has 0 aromatic carbocycles.